The fraction of sp³-hybridized carbons (Fsp3) is 0.226. The van der Waals surface area contributed by atoms with Gasteiger partial charge in [0.1, 0.15) is 5.82 Å². The molecule has 38 heavy (non-hydrogen) atoms. The summed E-state index contributed by atoms with van der Waals surface area (Å²) in [5.41, 5.74) is 6.10. The van der Waals surface area contributed by atoms with Gasteiger partial charge in [0.15, 0.2) is 0 Å². The van der Waals surface area contributed by atoms with Crippen LogP contribution in [-0.4, -0.2) is 36.7 Å². The summed E-state index contributed by atoms with van der Waals surface area (Å²) in [6.07, 6.45) is 5.73. The minimum atomic E-state index is -0.957. The Hall–Kier alpha value is -4.52. The molecule has 1 aliphatic carbocycles. The van der Waals surface area contributed by atoms with Crippen molar-refractivity contribution in [3.63, 3.8) is 0 Å². The Morgan fingerprint density at radius 3 is 2.45 bits per heavy atom. The van der Waals surface area contributed by atoms with E-state index in [4.69, 9.17) is 15.1 Å². The molecule has 0 amide bonds. The van der Waals surface area contributed by atoms with Crippen LogP contribution in [0.25, 0.3) is 44.6 Å². The second-order valence-electron chi connectivity index (χ2n) is 9.98. The molecule has 2 heterocycles. The molecule has 0 saturated heterocycles. The van der Waals surface area contributed by atoms with E-state index < -0.39 is 11.9 Å². The Kier molecular flexibility index (Phi) is 6.12. The number of aromatic nitrogens is 3. The van der Waals surface area contributed by atoms with Crippen molar-refractivity contribution < 1.29 is 19.8 Å². The predicted molar refractivity (Wildman–Crippen MR) is 146 cm³/mol. The Morgan fingerprint density at radius 2 is 1.66 bits per heavy atom. The molecule has 1 fully saturated rings. The van der Waals surface area contributed by atoms with Crippen LogP contribution in [0.2, 0.25) is 0 Å². The largest absolute Gasteiger partial charge is 0.481 e. The highest BCUT2D eigenvalue weighted by molar-refractivity contribution is 5.94. The fourth-order valence-corrected chi connectivity index (χ4v) is 5.58. The first-order valence-electron chi connectivity index (χ1n) is 12.9. The summed E-state index contributed by atoms with van der Waals surface area (Å²) >= 11 is 0. The van der Waals surface area contributed by atoms with Gasteiger partial charge in [-0.1, -0.05) is 43.5 Å². The van der Waals surface area contributed by atoms with E-state index >= 15 is 0 Å². The van der Waals surface area contributed by atoms with E-state index in [9.17, 15) is 14.7 Å². The normalized spacial score (nSPS) is 14.2. The third-order valence-electron chi connectivity index (χ3n) is 7.40. The highest BCUT2D eigenvalue weighted by atomic mass is 16.4. The summed E-state index contributed by atoms with van der Waals surface area (Å²) in [6.45, 7) is 0. The van der Waals surface area contributed by atoms with Gasteiger partial charge in [-0.3, -0.25) is 4.79 Å². The van der Waals surface area contributed by atoms with Crippen LogP contribution < -0.4 is 0 Å². The monoisotopic (exact) mass is 505 g/mol. The van der Waals surface area contributed by atoms with Crippen LogP contribution in [0.1, 0.15) is 54.1 Å². The molecule has 2 N–H and O–H groups in total. The standard InChI is InChI=1S/C31H27N3O4/c35-29(36)16-19-5-4-6-20(15-19)25-12-9-21-17-22(10-13-26(21)32-25)30-33-27-18-23(31(37)38)11-14-28(27)34(30)24-7-2-1-3-8-24/h4-6,9-15,17-18,24H,1-3,7-8,16H2,(H,35,36)(H,37,38). The van der Waals surface area contributed by atoms with Crippen molar-refractivity contribution in [3.8, 4) is 22.6 Å². The van der Waals surface area contributed by atoms with Crippen LogP contribution in [0.15, 0.2) is 72.8 Å². The third-order valence-corrected chi connectivity index (χ3v) is 7.40. The number of carbonyl (C=O) groups is 2. The second-order valence-corrected chi connectivity index (χ2v) is 9.98. The SMILES string of the molecule is O=C(O)Cc1cccc(-c2ccc3cc(-c4nc5cc(C(=O)O)ccc5n4C4CCCCC4)ccc3n2)c1. The fourth-order valence-electron chi connectivity index (χ4n) is 5.58. The van der Waals surface area contributed by atoms with E-state index in [0.29, 0.717) is 11.6 Å². The Labute approximate surface area is 219 Å². The van der Waals surface area contributed by atoms with Crippen LogP contribution in [0.5, 0.6) is 0 Å². The first-order chi connectivity index (χ1) is 18.5. The Bertz CT molecular complexity index is 1700. The molecule has 0 bridgehead atoms. The lowest BCUT2D eigenvalue weighted by Crippen LogP contribution is -2.14. The maximum atomic E-state index is 11.6. The lowest BCUT2D eigenvalue weighted by atomic mass is 9.94. The van der Waals surface area contributed by atoms with E-state index in [0.717, 1.165) is 57.5 Å². The molecule has 0 unspecified atom stereocenters. The molecule has 3 aromatic carbocycles. The number of rotatable bonds is 6. The van der Waals surface area contributed by atoms with Gasteiger partial charge in [0.25, 0.3) is 0 Å². The van der Waals surface area contributed by atoms with Gasteiger partial charge in [0.05, 0.1) is 34.2 Å². The van der Waals surface area contributed by atoms with Crippen molar-refractivity contribution in [1.29, 1.82) is 0 Å². The van der Waals surface area contributed by atoms with Gasteiger partial charge in [-0.05, 0) is 66.9 Å². The molecular formula is C31H27N3O4. The number of hydrogen-bond donors (Lipinski definition) is 2. The Morgan fingerprint density at radius 1 is 0.816 bits per heavy atom. The van der Waals surface area contributed by atoms with Gasteiger partial charge < -0.3 is 14.8 Å². The van der Waals surface area contributed by atoms with Crippen LogP contribution >= 0.6 is 0 Å². The van der Waals surface area contributed by atoms with Crippen LogP contribution in [0.4, 0.5) is 0 Å². The van der Waals surface area contributed by atoms with Gasteiger partial charge >= 0.3 is 11.9 Å². The van der Waals surface area contributed by atoms with Crippen molar-refractivity contribution in [2.45, 2.75) is 44.6 Å². The molecule has 6 rings (SSSR count). The highest BCUT2D eigenvalue weighted by Crippen LogP contribution is 2.37. The minimum absolute atomic E-state index is 0.0270. The molecule has 7 heteroatoms. The molecule has 1 aliphatic rings. The van der Waals surface area contributed by atoms with E-state index in [-0.39, 0.29) is 12.0 Å². The van der Waals surface area contributed by atoms with Crippen LogP contribution in [0, 0.1) is 0 Å². The zero-order chi connectivity index (χ0) is 26.2. The summed E-state index contributed by atoms with van der Waals surface area (Å²) in [6, 6.07) is 23.1. The average molecular weight is 506 g/mol. The van der Waals surface area contributed by atoms with E-state index in [2.05, 4.69) is 10.6 Å². The summed E-state index contributed by atoms with van der Waals surface area (Å²) in [7, 11) is 0. The highest BCUT2D eigenvalue weighted by Gasteiger charge is 2.23. The molecule has 0 aliphatic heterocycles. The quantitative estimate of drug-likeness (QED) is 0.264. The van der Waals surface area contributed by atoms with Crippen LogP contribution in [0.3, 0.4) is 0 Å². The van der Waals surface area contributed by atoms with Gasteiger partial charge in [-0.25, -0.2) is 14.8 Å². The first kappa shape index (κ1) is 23.9. The smallest absolute Gasteiger partial charge is 0.335 e. The maximum Gasteiger partial charge on any atom is 0.335 e. The number of carboxylic acid groups (broad SMARTS) is 2. The lowest BCUT2D eigenvalue weighted by Gasteiger charge is -2.25. The minimum Gasteiger partial charge on any atom is -0.481 e. The number of benzene rings is 3. The third kappa shape index (κ3) is 4.52. The number of nitrogens with zero attached hydrogens (tertiary/aromatic N) is 3. The van der Waals surface area contributed by atoms with Crippen molar-refractivity contribution in [3.05, 3.63) is 83.9 Å². The van der Waals surface area contributed by atoms with E-state index in [1.165, 1.54) is 19.3 Å². The Balaban J connectivity index is 1.42. The molecule has 0 spiro atoms. The number of aliphatic carboxylic acids is 1. The van der Waals surface area contributed by atoms with Crippen molar-refractivity contribution >= 4 is 33.9 Å². The molecule has 0 radical (unpaired) electrons. The number of aromatic carboxylic acids is 1. The number of carboxylic acids is 2. The van der Waals surface area contributed by atoms with Crippen molar-refractivity contribution in [2.75, 3.05) is 0 Å². The molecule has 0 atom stereocenters. The zero-order valence-corrected chi connectivity index (χ0v) is 20.8. The van der Waals surface area contributed by atoms with Gasteiger partial charge in [-0.15, -0.1) is 0 Å². The topological polar surface area (TPSA) is 105 Å². The number of hydrogen-bond acceptors (Lipinski definition) is 4. The first-order valence-corrected chi connectivity index (χ1v) is 12.9. The second kappa shape index (κ2) is 9.74. The van der Waals surface area contributed by atoms with Gasteiger partial charge in [0.2, 0.25) is 0 Å². The summed E-state index contributed by atoms with van der Waals surface area (Å²) in [5, 5.41) is 19.6. The summed E-state index contributed by atoms with van der Waals surface area (Å²) in [4.78, 5) is 32.5. The number of fused-ring (bicyclic) bond motifs is 2. The maximum absolute atomic E-state index is 11.6. The number of imidazole rings is 1. The number of pyridine rings is 1. The molecular weight excluding hydrogens is 478 g/mol. The predicted octanol–water partition coefficient (Wildman–Crippen LogP) is 6.75. The summed E-state index contributed by atoms with van der Waals surface area (Å²) < 4.78 is 2.30. The van der Waals surface area contributed by atoms with E-state index in [1.54, 1.807) is 12.1 Å². The van der Waals surface area contributed by atoms with Gasteiger partial charge in [0, 0.05) is 22.6 Å². The molecule has 190 valence electrons. The lowest BCUT2D eigenvalue weighted by molar-refractivity contribution is -0.136. The van der Waals surface area contributed by atoms with Gasteiger partial charge in [-0.2, -0.15) is 0 Å². The molecule has 5 aromatic rings. The molecule has 1 saturated carbocycles. The van der Waals surface area contributed by atoms with Crippen molar-refractivity contribution in [1.82, 2.24) is 14.5 Å². The van der Waals surface area contributed by atoms with Crippen molar-refractivity contribution in [2.24, 2.45) is 0 Å². The zero-order valence-electron chi connectivity index (χ0n) is 20.8. The van der Waals surface area contributed by atoms with Crippen LogP contribution in [-0.2, 0) is 11.2 Å². The molecule has 7 nitrogen and oxygen atoms in total. The molecule has 2 aromatic heterocycles. The average Bonchev–Trinajstić information content (AvgIpc) is 3.31. The van der Waals surface area contributed by atoms with E-state index in [1.807, 2.05) is 54.6 Å². The summed E-state index contributed by atoms with van der Waals surface area (Å²) in [5.74, 6) is -0.969.